The summed E-state index contributed by atoms with van der Waals surface area (Å²) in [6.45, 7) is 1.85. The number of hydrogen-bond donors (Lipinski definition) is 1. The van der Waals surface area contributed by atoms with E-state index in [1.807, 2.05) is 24.3 Å². The lowest BCUT2D eigenvalue weighted by molar-refractivity contribution is 0.280. The molecule has 0 radical (unpaired) electrons. The Bertz CT molecular complexity index is 554. The number of methoxy groups -OCH3 is 1. The Morgan fingerprint density at radius 1 is 1.05 bits per heavy atom. The first-order chi connectivity index (χ1) is 10.2. The topological polar surface area (TPSA) is 32.7 Å². The van der Waals surface area contributed by atoms with E-state index >= 15 is 0 Å². The summed E-state index contributed by atoms with van der Waals surface area (Å²) in [6, 6.07) is 16.3. The van der Waals surface area contributed by atoms with Gasteiger partial charge in [-0.2, -0.15) is 0 Å². The SMILES string of the molecule is COc1ccc(CO)cc1CN(C)CCc1ccccc1. The third-order valence-electron chi connectivity index (χ3n) is 3.59. The molecule has 3 nitrogen and oxygen atoms in total. The van der Waals surface area contributed by atoms with Gasteiger partial charge in [-0.1, -0.05) is 36.4 Å². The van der Waals surface area contributed by atoms with E-state index in [0.29, 0.717) is 0 Å². The van der Waals surface area contributed by atoms with Crippen molar-refractivity contribution in [2.75, 3.05) is 20.7 Å². The molecule has 0 aliphatic carbocycles. The van der Waals surface area contributed by atoms with Crippen molar-refractivity contribution in [1.29, 1.82) is 0 Å². The maximum atomic E-state index is 9.26. The van der Waals surface area contributed by atoms with Gasteiger partial charge in [-0.15, -0.1) is 0 Å². The molecule has 0 spiro atoms. The Kier molecular flexibility index (Phi) is 5.78. The predicted octanol–water partition coefficient (Wildman–Crippen LogP) is 2.86. The molecular formula is C18H23NO2. The summed E-state index contributed by atoms with van der Waals surface area (Å²) in [5.74, 6) is 0.874. The van der Waals surface area contributed by atoms with Crippen molar-refractivity contribution in [1.82, 2.24) is 4.90 Å². The Morgan fingerprint density at radius 2 is 1.81 bits per heavy atom. The lowest BCUT2D eigenvalue weighted by Gasteiger charge is -2.19. The number of hydrogen-bond acceptors (Lipinski definition) is 3. The van der Waals surface area contributed by atoms with E-state index in [9.17, 15) is 5.11 Å². The Morgan fingerprint density at radius 3 is 2.48 bits per heavy atom. The molecule has 0 aliphatic rings. The zero-order valence-corrected chi connectivity index (χ0v) is 12.7. The van der Waals surface area contributed by atoms with Gasteiger partial charge >= 0.3 is 0 Å². The summed E-state index contributed by atoms with van der Waals surface area (Å²) in [5, 5.41) is 9.26. The smallest absolute Gasteiger partial charge is 0.123 e. The van der Waals surface area contributed by atoms with Crippen LogP contribution in [0.2, 0.25) is 0 Å². The van der Waals surface area contributed by atoms with Crippen molar-refractivity contribution < 1.29 is 9.84 Å². The van der Waals surface area contributed by atoms with Crippen LogP contribution in [0.15, 0.2) is 48.5 Å². The van der Waals surface area contributed by atoms with E-state index in [0.717, 1.165) is 36.4 Å². The maximum absolute atomic E-state index is 9.26. The van der Waals surface area contributed by atoms with Gasteiger partial charge in [0.2, 0.25) is 0 Å². The van der Waals surface area contributed by atoms with Gasteiger partial charge in [0.1, 0.15) is 5.75 Å². The van der Waals surface area contributed by atoms with Crippen molar-refractivity contribution in [2.24, 2.45) is 0 Å². The molecular weight excluding hydrogens is 262 g/mol. The van der Waals surface area contributed by atoms with Gasteiger partial charge in [0, 0.05) is 18.7 Å². The number of likely N-dealkylation sites (N-methyl/N-ethyl adjacent to an activating group) is 1. The number of rotatable bonds is 7. The molecule has 2 aromatic carbocycles. The Labute approximate surface area is 126 Å². The molecule has 0 saturated heterocycles. The normalized spacial score (nSPS) is 10.9. The molecule has 2 rings (SSSR count). The van der Waals surface area contributed by atoms with Gasteiger partial charge in [-0.3, -0.25) is 0 Å². The average molecular weight is 285 g/mol. The van der Waals surface area contributed by atoms with Crippen molar-refractivity contribution in [2.45, 2.75) is 19.6 Å². The summed E-state index contributed by atoms with van der Waals surface area (Å²) < 4.78 is 5.40. The standard InChI is InChI=1S/C18H23NO2/c1-19(11-10-15-6-4-3-5-7-15)13-17-12-16(14-20)8-9-18(17)21-2/h3-9,12,20H,10-11,13-14H2,1-2H3. The molecule has 1 N–H and O–H groups in total. The molecule has 3 heteroatoms. The molecule has 112 valence electrons. The van der Waals surface area contributed by atoms with Crippen LogP contribution >= 0.6 is 0 Å². The van der Waals surface area contributed by atoms with Crippen LogP contribution in [0.3, 0.4) is 0 Å². The summed E-state index contributed by atoms with van der Waals surface area (Å²) in [6.07, 6.45) is 1.03. The third-order valence-corrected chi connectivity index (χ3v) is 3.59. The molecule has 0 fully saturated rings. The fourth-order valence-electron chi connectivity index (χ4n) is 2.39. The van der Waals surface area contributed by atoms with E-state index in [1.165, 1.54) is 5.56 Å². The number of benzene rings is 2. The second-order valence-electron chi connectivity index (χ2n) is 5.28. The fraction of sp³-hybridized carbons (Fsp3) is 0.333. The lowest BCUT2D eigenvalue weighted by atomic mass is 10.1. The first-order valence-electron chi connectivity index (χ1n) is 7.22. The van der Waals surface area contributed by atoms with Crippen LogP contribution in [0.5, 0.6) is 5.75 Å². The van der Waals surface area contributed by atoms with Crippen LogP contribution in [0.1, 0.15) is 16.7 Å². The molecule has 0 aromatic heterocycles. The van der Waals surface area contributed by atoms with Crippen LogP contribution < -0.4 is 4.74 Å². The third kappa shape index (κ3) is 4.59. The number of aliphatic hydroxyl groups is 1. The highest BCUT2D eigenvalue weighted by atomic mass is 16.5. The van der Waals surface area contributed by atoms with Crippen molar-refractivity contribution in [3.05, 3.63) is 65.2 Å². The number of aliphatic hydroxyl groups excluding tert-OH is 1. The average Bonchev–Trinajstić information content (AvgIpc) is 2.54. The quantitative estimate of drug-likeness (QED) is 0.849. The van der Waals surface area contributed by atoms with Crippen molar-refractivity contribution in [3.63, 3.8) is 0 Å². The molecule has 0 amide bonds. The Balaban J connectivity index is 1.97. The minimum Gasteiger partial charge on any atom is -0.496 e. The maximum Gasteiger partial charge on any atom is 0.123 e. The minimum absolute atomic E-state index is 0.0602. The van der Waals surface area contributed by atoms with E-state index < -0.39 is 0 Å². The second-order valence-corrected chi connectivity index (χ2v) is 5.28. The number of nitrogens with zero attached hydrogens (tertiary/aromatic N) is 1. The molecule has 0 aliphatic heterocycles. The monoisotopic (exact) mass is 285 g/mol. The Hall–Kier alpha value is -1.84. The number of ether oxygens (including phenoxy) is 1. The summed E-state index contributed by atoms with van der Waals surface area (Å²) in [4.78, 5) is 2.27. The van der Waals surface area contributed by atoms with Gasteiger partial charge in [0.25, 0.3) is 0 Å². The van der Waals surface area contributed by atoms with Crippen LogP contribution in [0.4, 0.5) is 0 Å². The van der Waals surface area contributed by atoms with Gasteiger partial charge in [0.05, 0.1) is 13.7 Å². The molecule has 0 unspecified atom stereocenters. The summed E-state index contributed by atoms with van der Waals surface area (Å²) >= 11 is 0. The van der Waals surface area contributed by atoms with Gasteiger partial charge in [-0.25, -0.2) is 0 Å². The molecule has 0 bridgehead atoms. The first-order valence-corrected chi connectivity index (χ1v) is 7.22. The highest BCUT2D eigenvalue weighted by molar-refractivity contribution is 5.37. The predicted molar refractivity (Wildman–Crippen MR) is 85.4 cm³/mol. The van der Waals surface area contributed by atoms with E-state index in [-0.39, 0.29) is 6.61 Å². The van der Waals surface area contributed by atoms with E-state index in [4.69, 9.17) is 4.74 Å². The molecule has 21 heavy (non-hydrogen) atoms. The molecule has 0 saturated carbocycles. The van der Waals surface area contributed by atoms with Gasteiger partial charge in [0.15, 0.2) is 0 Å². The van der Waals surface area contributed by atoms with Crippen LogP contribution in [0.25, 0.3) is 0 Å². The molecule has 0 heterocycles. The van der Waals surface area contributed by atoms with Crippen molar-refractivity contribution >= 4 is 0 Å². The van der Waals surface area contributed by atoms with Crippen LogP contribution in [-0.4, -0.2) is 30.7 Å². The fourth-order valence-corrected chi connectivity index (χ4v) is 2.39. The minimum atomic E-state index is 0.0602. The van der Waals surface area contributed by atoms with E-state index in [2.05, 4.69) is 36.2 Å². The lowest BCUT2D eigenvalue weighted by Crippen LogP contribution is -2.21. The molecule has 2 aromatic rings. The van der Waals surface area contributed by atoms with Crippen molar-refractivity contribution in [3.8, 4) is 5.75 Å². The largest absolute Gasteiger partial charge is 0.496 e. The summed E-state index contributed by atoms with van der Waals surface area (Å²) in [5.41, 5.74) is 3.38. The van der Waals surface area contributed by atoms with Gasteiger partial charge in [-0.05, 0) is 36.7 Å². The van der Waals surface area contributed by atoms with E-state index in [1.54, 1.807) is 7.11 Å². The summed E-state index contributed by atoms with van der Waals surface area (Å²) in [7, 11) is 3.79. The second kappa shape index (κ2) is 7.81. The highest BCUT2D eigenvalue weighted by Crippen LogP contribution is 2.21. The van der Waals surface area contributed by atoms with Gasteiger partial charge < -0.3 is 14.7 Å². The first kappa shape index (κ1) is 15.5. The highest BCUT2D eigenvalue weighted by Gasteiger charge is 2.08. The zero-order valence-electron chi connectivity index (χ0n) is 12.7. The molecule has 0 atom stereocenters. The van der Waals surface area contributed by atoms with Crippen LogP contribution in [-0.2, 0) is 19.6 Å². The zero-order chi connectivity index (χ0) is 15.1. The van der Waals surface area contributed by atoms with Crippen LogP contribution in [0, 0.1) is 0 Å².